The Morgan fingerprint density at radius 3 is 2.80 bits per heavy atom. The maximum atomic E-state index is 12.7. The Balaban J connectivity index is 1.76. The predicted octanol–water partition coefficient (Wildman–Crippen LogP) is 1.98. The summed E-state index contributed by atoms with van der Waals surface area (Å²) in [6, 6.07) is 3.70. The van der Waals surface area contributed by atoms with Gasteiger partial charge >= 0.3 is 0 Å². The van der Waals surface area contributed by atoms with Crippen LogP contribution in [0.2, 0.25) is 0 Å². The van der Waals surface area contributed by atoms with Crippen LogP contribution in [0, 0.1) is 17.3 Å². The number of allylic oxidation sites excluding steroid dienone is 2. The summed E-state index contributed by atoms with van der Waals surface area (Å²) >= 11 is 0. The molecule has 1 N–H and O–H groups in total. The fourth-order valence-corrected chi connectivity index (χ4v) is 4.29. The van der Waals surface area contributed by atoms with E-state index in [1.165, 1.54) is 11.1 Å². The van der Waals surface area contributed by atoms with Crippen molar-refractivity contribution in [1.29, 1.82) is 0 Å². The van der Waals surface area contributed by atoms with Crippen molar-refractivity contribution >= 4 is 11.9 Å². The first kappa shape index (κ1) is 17.6. The van der Waals surface area contributed by atoms with Crippen molar-refractivity contribution < 1.29 is 14.7 Å². The molecule has 2 atom stereocenters. The molecule has 1 aromatic rings. The lowest BCUT2D eigenvalue weighted by atomic mass is 9.63. The molecule has 0 spiro atoms. The van der Waals surface area contributed by atoms with Gasteiger partial charge in [-0.15, -0.1) is 0 Å². The second-order valence-corrected chi connectivity index (χ2v) is 7.84. The lowest BCUT2D eigenvalue weighted by Crippen LogP contribution is -2.46. The average molecular weight is 341 g/mol. The molecule has 1 heterocycles. The Labute approximate surface area is 148 Å². The minimum Gasteiger partial charge on any atom is -0.550 e. The maximum Gasteiger partial charge on any atom is 0.224 e. The molecule has 0 fully saturated rings. The molecular formula is C20H25N2O3-. The van der Waals surface area contributed by atoms with Crippen molar-refractivity contribution in [3.8, 4) is 0 Å². The van der Waals surface area contributed by atoms with Gasteiger partial charge in [-0.25, -0.2) is 0 Å². The number of nitrogens with one attached hydrogen (secondary N) is 1. The molecule has 0 aliphatic heterocycles. The minimum atomic E-state index is -1.12. The van der Waals surface area contributed by atoms with Crippen LogP contribution in [0.25, 0.3) is 0 Å². The van der Waals surface area contributed by atoms with Gasteiger partial charge in [-0.1, -0.05) is 31.1 Å². The van der Waals surface area contributed by atoms with E-state index in [1.807, 2.05) is 12.1 Å². The zero-order chi connectivity index (χ0) is 18.0. The second-order valence-electron chi connectivity index (χ2n) is 7.84. The molecule has 0 saturated carbocycles. The number of aromatic nitrogens is 1. The molecule has 0 aromatic carbocycles. The van der Waals surface area contributed by atoms with Gasteiger partial charge in [-0.2, -0.15) is 0 Å². The number of carboxylic acid groups (broad SMARTS) is 1. The highest BCUT2D eigenvalue weighted by atomic mass is 16.4. The van der Waals surface area contributed by atoms with Gasteiger partial charge in [0, 0.05) is 36.7 Å². The van der Waals surface area contributed by atoms with Crippen LogP contribution < -0.4 is 10.4 Å². The molecule has 25 heavy (non-hydrogen) atoms. The Hall–Kier alpha value is -2.17. The number of carbonyl (C=O) groups is 2. The lowest BCUT2D eigenvalue weighted by molar-refractivity contribution is -0.313. The Kier molecular flexibility index (Phi) is 4.93. The van der Waals surface area contributed by atoms with Crippen molar-refractivity contribution in [3.63, 3.8) is 0 Å². The molecule has 1 amide bonds. The van der Waals surface area contributed by atoms with Gasteiger partial charge < -0.3 is 15.2 Å². The van der Waals surface area contributed by atoms with E-state index in [1.54, 1.807) is 12.4 Å². The zero-order valence-corrected chi connectivity index (χ0v) is 14.9. The summed E-state index contributed by atoms with van der Waals surface area (Å²) in [7, 11) is 0. The van der Waals surface area contributed by atoms with E-state index in [9.17, 15) is 14.7 Å². The molecule has 2 aliphatic rings. The monoisotopic (exact) mass is 341 g/mol. The minimum absolute atomic E-state index is 0.0262. The van der Waals surface area contributed by atoms with Crippen molar-refractivity contribution in [1.82, 2.24) is 10.3 Å². The summed E-state index contributed by atoms with van der Waals surface area (Å²) in [6.45, 7) is 4.72. The highest BCUT2D eigenvalue weighted by Crippen LogP contribution is 2.49. The van der Waals surface area contributed by atoms with E-state index in [0.29, 0.717) is 19.4 Å². The lowest BCUT2D eigenvalue weighted by Gasteiger charge is -2.43. The predicted molar refractivity (Wildman–Crippen MR) is 92.0 cm³/mol. The van der Waals surface area contributed by atoms with E-state index in [2.05, 4.69) is 24.1 Å². The van der Waals surface area contributed by atoms with Gasteiger partial charge in [0.15, 0.2) is 0 Å². The number of pyridine rings is 1. The van der Waals surface area contributed by atoms with Gasteiger partial charge in [0.25, 0.3) is 0 Å². The maximum absolute atomic E-state index is 12.7. The number of hydrogen-bond donors (Lipinski definition) is 1. The summed E-state index contributed by atoms with van der Waals surface area (Å²) in [6.07, 6.45) is 7.51. The molecule has 5 nitrogen and oxygen atoms in total. The van der Waals surface area contributed by atoms with Crippen LogP contribution >= 0.6 is 0 Å². The molecule has 3 rings (SSSR count). The summed E-state index contributed by atoms with van der Waals surface area (Å²) in [4.78, 5) is 28.4. The Morgan fingerprint density at radius 2 is 2.12 bits per heavy atom. The summed E-state index contributed by atoms with van der Waals surface area (Å²) in [5, 5.41) is 14.6. The van der Waals surface area contributed by atoms with Crippen molar-refractivity contribution in [3.05, 3.63) is 41.2 Å². The van der Waals surface area contributed by atoms with Gasteiger partial charge in [0.05, 0.1) is 0 Å². The first-order valence-corrected chi connectivity index (χ1v) is 8.97. The third kappa shape index (κ3) is 3.75. The van der Waals surface area contributed by atoms with Gasteiger partial charge in [-0.3, -0.25) is 9.78 Å². The molecule has 2 aliphatic carbocycles. The van der Waals surface area contributed by atoms with Crippen LogP contribution in [0.15, 0.2) is 35.7 Å². The van der Waals surface area contributed by atoms with E-state index in [4.69, 9.17) is 0 Å². The molecule has 0 radical (unpaired) electrons. The molecular weight excluding hydrogens is 316 g/mol. The second kappa shape index (κ2) is 6.98. The smallest absolute Gasteiger partial charge is 0.224 e. The van der Waals surface area contributed by atoms with Crippen molar-refractivity contribution in [2.45, 2.75) is 52.5 Å². The quantitative estimate of drug-likeness (QED) is 0.849. The van der Waals surface area contributed by atoms with Gasteiger partial charge in [-0.05, 0) is 49.1 Å². The molecule has 5 heteroatoms. The molecule has 134 valence electrons. The third-order valence-corrected chi connectivity index (χ3v) is 5.73. The van der Waals surface area contributed by atoms with E-state index in [0.717, 1.165) is 24.8 Å². The first-order chi connectivity index (χ1) is 11.9. The van der Waals surface area contributed by atoms with Crippen LogP contribution in [0.4, 0.5) is 0 Å². The van der Waals surface area contributed by atoms with Crippen LogP contribution in [-0.4, -0.2) is 16.9 Å². The highest BCUT2D eigenvalue weighted by molar-refractivity contribution is 5.85. The SMILES string of the molecule is CC1(C)CCCC2=C1C[C@H](C(=O)[O-])[C@H](C(=O)NCc1cccnc1)C2. The van der Waals surface area contributed by atoms with Crippen LogP contribution in [0.1, 0.15) is 51.5 Å². The number of carboxylic acids is 1. The molecule has 1 aromatic heterocycles. The first-order valence-electron chi connectivity index (χ1n) is 8.97. The van der Waals surface area contributed by atoms with E-state index >= 15 is 0 Å². The largest absolute Gasteiger partial charge is 0.550 e. The Bertz CT molecular complexity index is 694. The van der Waals surface area contributed by atoms with E-state index < -0.39 is 17.8 Å². The third-order valence-electron chi connectivity index (χ3n) is 5.73. The number of aliphatic carboxylic acids is 1. The normalized spacial score (nSPS) is 25.2. The highest BCUT2D eigenvalue weighted by Gasteiger charge is 2.41. The number of carbonyl (C=O) groups excluding carboxylic acids is 2. The summed E-state index contributed by atoms with van der Waals surface area (Å²) < 4.78 is 0. The summed E-state index contributed by atoms with van der Waals surface area (Å²) in [5.41, 5.74) is 3.45. The van der Waals surface area contributed by atoms with Crippen molar-refractivity contribution in [2.24, 2.45) is 17.3 Å². The van der Waals surface area contributed by atoms with Crippen molar-refractivity contribution in [2.75, 3.05) is 0 Å². The standard InChI is InChI=1S/C20H26N2O3/c1-20(2)7-3-6-14-9-15(16(19(24)25)10-17(14)20)18(23)22-12-13-5-4-8-21-11-13/h4-5,8,11,15-16H,3,6-7,9-10,12H2,1-2H3,(H,22,23)(H,24,25)/p-1/t15-,16+/m1/s1. The number of nitrogens with zero attached hydrogens (tertiary/aromatic N) is 1. The number of hydrogen-bond acceptors (Lipinski definition) is 4. The van der Waals surface area contributed by atoms with E-state index in [-0.39, 0.29) is 11.3 Å². The van der Waals surface area contributed by atoms with Crippen LogP contribution in [0.3, 0.4) is 0 Å². The topological polar surface area (TPSA) is 82.1 Å². The van der Waals surface area contributed by atoms with Gasteiger partial charge in [0.2, 0.25) is 5.91 Å². The Morgan fingerprint density at radius 1 is 1.32 bits per heavy atom. The fraction of sp³-hybridized carbons (Fsp3) is 0.550. The molecule has 0 unspecified atom stereocenters. The number of rotatable bonds is 4. The fourth-order valence-electron chi connectivity index (χ4n) is 4.29. The van der Waals surface area contributed by atoms with Crippen LogP contribution in [-0.2, 0) is 16.1 Å². The number of amides is 1. The summed E-state index contributed by atoms with van der Waals surface area (Å²) in [5.74, 6) is -2.61. The average Bonchev–Trinajstić information content (AvgIpc) is 2.59. The zero-order valence-electron chi connectivity index (χ0n) is 14.9. The van der Waals surface area contributed by atoms with Gasteiger partial charge in [0.1, 0.15) is 0 Å². The van der Waals surface area contributed by atoms with Crippen LogP contribution in [0.5, 0.6) is 0 Å². The molecule has 0 saturated heterocycles. The molecule has 0 bridgehead atoms.